The van der Waals surface area contributed by atoms with Crippen LogP contribution >= 0.6 is 0 Å². The molecule has 0 aliphatic rings. The molecule has 30 heavy (non-hydrogen) atoms. The van der Waals surface area contributed by atoms with Gasteiger partial charge in [-0.1, -0.05) is 50.2 Å². The van der Waals surface area contributed by atoms with Crippen LogP contribution in [-0.2, 0) is 6.54 Å². The van der Waals surface area contributed by atoms with Crippen LogP contribution in [0.3, 0.4) is 0 Å². The third-order valence-electron chi connectivity index (χ3n) is 4.52. The summed E-state index contributed by atoms with van der Waals surface area (Å²) < 4.78 is 0. The van der Waals surface area contributed by atoms with Crippen LogP contribution in [0.1, 0.15) is 25.0 Å². The molecular weight excluding hydrogens is 374 g/mol. The number of hydrogen-bond donors (Lipinski definition) is 2. The molecule has 0 saturated heterocycles. The number of nitrogen functional groups attached to an aromatic ring is 1. The maximum absolute atomic E-state index is 7.59. The number of fused-ring (bicyclic) bond motifs is 1. The SMILES string of the molecule is CC.CN(Cc1ccccc1)c1cnc2cc(-c3ncnc(N)c3C=N)ccc2n1. The number of nitrogens with one attached hydrogen (secondary N) is 1. The predicted molar refractivity (Wildman–Crippen MR) is 123 cm³/mol. The van der Waals surface area contributed by atoms with E-state index in [1.165, 1.54) is 18.1 Å². The maximum Gasteiger partial charge on any atom is 0.147 e. The van der Waals surface area contributed by atoms with Gasteiger partial charge in [-0.3, -0.25) is 4.98 Å². The molecule has 7 heteroatoms. The van der Waals surface area contributed by atoms with Crippen molar-refractivity contribution in [1.29, 1.82) is 5.41 Å². The van der Waals surface area contributed by atoms with Crippen molar-refractivity contribution >= 4 is 28.9 Å². The highest BCUT2D eigenvalue weighted by Crippen LogP contribution is 2.26. The molecule has 0 aliphatic heterocycles. The van der Waals surface area contributed by atoms with Gasteiger partial charge in [0, 0.05) is 25.4 Å². The van der Waals surface area contributed by atoms with Gasteiger partial charge >= 0.3 is 0 Å². The Hall–Kier alpha value is -3.87. The van der Waals surface area contributed by atoms with Crippen molar-refractivity contribution in [2.75, 3.05) is 17.7 Å². The lowest BCUT2D eigenvalue weighted by atomic mass is 10.1. The fourth-order valence-corrected chi connectivity index (χ4v) is 3.05. The number of benzene rings is 2. The topological polar surface area (TPSA) is 105 Å². The largest absolute Gasteiger partial charge is 0.383 e. The number of nitrogens with two attached hydrogens (primary N) is 1. The lowest BCUT2D eigenvalue weighted by Crippen LogP contribution is -2.17. The fourth-order valence-electron chi connectivity index (χ4n) is 3.05. The average Bonchev–Trinajstić information content (AvgIpc) is 2.80. The lowest BCUT2D eigenvalue weighted by molar-refractivity contribution is 0.897. The molecule has 0 aliphatic carbocycles. The van der Waals surface area contributed by atoms with Crippen molar-refractivity contribution in [2.45, 2.75) is 20.4 Å². The quantitative estimate of drug-likeness (QED) is 0.484. The van der Waals surface area contributed by atoms with Gasteiger partial charge in [-0.25, -0.2) is 15.0 Å². The van der Waals surface area contributed by atoms with E-state index < -0.39 is 0 Å². The lowest BCUT2D eigenvalue weighted by Gasteiger charge is -2.18. The molecule has 2 heterocycles. The van der Waals surface area contributed by atoms with E-state index >= 15 is 0 Å². The van der Waals surface area contributed by atoms with Crippen molar-refractivity contribution < 1.29 is 0 Å². The van der Waals surface area contributed by atoms with Crippen molar-refractivity contribution in [3.63, 3.8) is 0 Å². The minimum atomic E-state index is 0.282. The van der Waals surface area contributed by atoms with Crippen LogP contribution in [0, 0.1) is 5.41 Å². The smallest absolute Gasteiger partial charge is 0.147 e. The predicted octanol–water partition coefficient (Wildman–Crippen LogP) is 4.33. The summed E-state index contributed by atoms with van der Waals surface area (Å²) in [6, 6.07) is 16.0. The Bertz CT molecular complexity index is 1140. The monoisotopic (exact) mass is 399 g/mol. The summed E-state index contributed by atoms with van der Waals surface area (Å²) in [5, 5.41) is 7.59. The first-order valence-electron chi connectivity index (χ1n) is 9.79. The van der Waals surface area contributed by atoms with E-state index in [0.717, 1.165) is 29.0 Å². The second-order valence-corrected chi connectivity index (χ2v) is 6.44. The van der Waals surface area contributed by atoms with Gasteiger partial charge in [0.05, 0.1) is 28.5 Å². The molecule has 2 aromatic carbocycles. The Morgan fingerprint density at radius 3 is 2.50 bits per heavy atom. The van der Waals surface area contributed by atoms with Crippen molar-refractivity contribution in [3.8, 4) is 11.3 Å². The van der Waals surface area contributed by atoms with E-state index in [1.54, 1.807) is 6.20 Å². The van der Waals surface area contributed by atoms with Gasteiger partial charge in [0.15, 0.2) is 0 Å². The van der Waals surface area contributed by atoms with Crippen LogP contribution in [0.4, 0.5) is 11.6 Å². The van der Waals surface area contributed by atoms with Crippen LogP contribution in [0.2, 0.25) is 0 Å². The standard InChI is InChI=1S/C21H19N7.C2H6/c1-28(12-14-5-3-2-4-6-14)19-11-24-18-9-15(7-8-17(18)27-19)20-16(10-22)21(23)26-13-25-20;1-2/h2-11,13,22H,12H2,1H3,(H2,23,25,26);1-2H3. The molecule has 2 aromatic heterocycles. The zero-order valence-corrected chi connectivity index (χ0v) is 17.4. The Balaban J connectivity index is 0.00000124. The van der Waals surface area contributed by atoms with E-state index in [-0.39, 0.29) is 5.82 Å². The first kappa shape index (κ1) is 20.9. The van der Waals surface area contributed by atoms with E-state index in [9.17, 15) is 0 Å². The van der Waals surface area contributed by atoms with Crippen LogP contribution < -0.4 is 10.6 Å². The van der Waals surface area contributed by atoms with Crippen LogP contribution in [-0.4, -0.2) is 33.2 Å². The van der Waals surface area contributed by atoms with E-state index in [1.807, 2.05) is 57.3 Å². The number of nitrogens with zero attached hydrogens (tertiary/aromatic N) is 5. The highest BCUT2D eigenvalue weighted by molar-refractivity contribution is 5.93. The van der Waals surface area contributed by atoms with Gasteiger partial charge in [0.25, 0.3) is 0 Å². The Morgan fingerprint density at radius 1 is 1.00 bits per heavy atom. The Labute approximate surface area is 176 Å². The van der Waals surface area contributed by atoms with Crippen molar-refractivity contribution in [1.82, 2.24) is 19.9 Å². The first-order valence-corrected chi connectivity index (χ1v) is 9.79. The molecule has 0 bridgehead atoms. The molecule has 7 nitrogen and oxygen atoms in total. The first-order chi connectivity index (χ1) is 14.7. The molecule has 0 spiro atoms. The Kier molecular flexibility index (Phi) is 6.64. The number of rotatable bonds is 5. The van der Waals surface area contributed by atoms with E-state index in [4.69, 9.17) is 16.1 Å². The van der Waals surface area contributed by atoms with Gasteiger partial charge in [-0.2, -0.15) is 0 Å². The van der Waals surface area contributed by atoms with Crippen molar-refractivity contribution in [3.05, 3.63) is 72.2 Å². The highest BCUT2D eigenvalue weighted by atomic mass is 15.2. The number of hydrogen-bond acceptors (Lipinski definition) is 7. The fraction of sp³-hybridized carbons (Fsp3) is 0.174. The van der Waals surface area contributed by atoms with Crippen LogP contribution in [0.25, 0.3) is 22.3 Å². The summed E-state index contributed by atoms with van der Waals surface area (Å²) in [5.74, 6) is 1.08. The maximum atomic E-state index is 7.59. The summed E-state index contributed by atoms with van der Waals surface area (Å²) in [6.45, 7) is 4.75. The highest BCUT2D eigenvalue weighted by Gasteiger charge is 2.11. The summed E-state index contributed by atoms with van der Waals surface area (Å²) >= 11 is 0. The van der Waals surface area contributed by atoms with Crippen LogP contribution in [0.5, 0.6) is 0 Å². The number of aromatic nitrogens is 4. The van der Waals surface area contributed by atoms with Gasteiger partial charge in [-0.15, -0.1) is 0 Å². The van der Waals surface area contributed by atoms with Gasteiger partial charge in [-0.05, 0) is 17.7 Å². The summed E-state index contributed by atoms with van der Waals surface area (Å²) in [7, 11) is 2.00. The van der Waals surface area contributed by atoms with E-state index in [0.29, 0.717) is 11.3 Å². The second kappa shape index (κ2) is 9.56. The summed E-state index contributed by atoms with van der Waals surface area (Å²) in [6.07, 6.45) is 4.33. The summed E-state index contributed by atoms with van der Waals surface area (Å²) in [5.41, 5.74) is 10.5. The molecule has 0 amide bonds. The zero-order chi connectivity index (χ0) is 21.5. The van der Waals surface area contributed by atoms with Crippen LogP contribution in [0.15, 0.2) is 61.1 Å². The molecule has 4 aromatic rings. The van der Waals surface area contributed by atoms with Gasteiger partial charge < -0.3 is 16.0 Å². The molecule has 152 valence electrons. The van der Waals surface area contributed by atoms with Gasteiger partial charge in [0.2, 0.25) is 0 Å². The molecule has 0 fully saturated rings. The Morgan fingerprint density at radius 2 is 1.77 bits per heavy atom. The van der Waals surface area contributed by atoms with Crippen molar-refractivity contribution in [2.24, 2.45) is 0 Å². The van der Waals surface area contributed by atoms with Gasteiger partial charge in [0.1, 0.15) is 18.0 Å². The molecule has 4 rings (SSSR count). The third-order valence-corrected chi connectivity index (χ3v) is 4.52. The molecule has 0 saturated carbocycles. The number of anilines is 2. The second-order valence-electron chi connectivity index (χ2n) is 6.44. The van der Waals surface area contributed by atoms with E-state index in [2.05, 4.69) is 32.0 Å². The minimum Gasteiger partial charge on any atom is -0.383 e. The average molecular weight is 400 g/mol. The molecule has 0 radical (unpaired) electrons. The third kappa shape index (κ3) is 4.41. The molecule has 0 atom stereocenters. The summed E-state index contributed by atoms with van der Waals surface area (Å²) in [4.78, 5) is 19.6. The minimum absolute atomic E-state index is 0.282. The zero-order valence-electron chi connectivity index (χ0n) is 17.4. The molecule has 3 N–H and O–H groups in total. The molecule has 0 unspecified atom stereocenters. The molecular formula is C23H25N7. The normalized spacial score (nSPS) is 10.2.